The van der Waals surface area contributed by atoms with Crippen LogP contribution in [0.5, 0.6) is 0 Å². The first-order valence-electron chi connectivity index (χ1n) is 2.07. The van der Waals surface area contributed by atoms with Gasteiger partial charge in [-0.25, -0.2) is 0 Å². The van der Waals surface area contributed by atoms with Gasteiger partial charge in [-0.1, -0.05) is 0 Å². The van der Waals surface area contributed by atoms with Crippen LogP contribution in [0.4, 0.5) is 0 Å². The van der Waals surface area contributed by atoms with Crippen molar-refractivity contribution in [3.8, 4) is 0 Å². The summed E-state index contributed by atoms with van der Waals surface area (Å²) >= 11 is 2.50. The number of nitrogens with two attached hydrogens (primary N) is 1. The Labute approximate surface area is 60.4 Å². The Morgan fingerprint density at radius 1 is 1.78 bits per heavy atom. The van der Waals surface area contributed by atoms with Crippen molar-refractivity contribution < 1.29 is 15.3 Å². The predicted molar refractivity (Wildman–Crippen MR) is 33.0 cm³/mol. The zero-order valence-electron chi connectivity index (χ0n) is 4.50. The third-order valence-corrected chi connectivity index (χ3v) is 0.906. The summed E-state index contributed by atoms with van der Waals surface area (Å²) < 4.78 is 0. The van der Waals surface area contributed by atoms with Gasteiger partial charge in [0.2, 0.25) is 0 Å². The van der Waals surface area contributed by atoms with E-state index in [0.29, 0.717) is 0 Å². The van der Waals surface area contributed by atoms with E-state index in [1.807, 2.05) is 5.87 Å². The molecule has 1 radical (unpaired) electrons. The molecule has 0 saturated heterocycles. The van der Waals surface area contributed by atoms with Crippen LogP contribution in [0.15, 0.2) is 16.6 Å². The molecule has 0 aliphatic heterocycles. The van der Waals surface area contributed by atoms with E-state index >= 15 is 0 Å². The molecule has 0 rings (SSSR count). The van der Waals surface area contributed by atoms with Crippen LogP contribution >= 0.6 is 0 Å². The van der Waals surface area contributed by atoms with Crippen LogP contribution < -0.4 is 5.41 Å². The topological polar surface area (TPSA) is 62.9 Å². The van der Waals surface area contributed by atoms with E-state index < -0.39 is 5.97 Å². The molecule has 4 heteroatoms. The molecule has 0 heterocycles. The number of aliphatic carboxylic acids is 1. The first-order valence-corrected chi connectivity index (χ1v) is 3.06. The van der Waals surface area contributed by atoms with E-state index in [9.17, 15) is 4.79 Å². The van der Waals surface area contributed by atoms with Gasteiger partial charge in [0, 0.05) is 0 Å². The van der Waals surface area contributed by atoms with Crippen LogP contribution in [0.1, 0.15) is 0 Å². The second kappa shape index (κ2) is 4.10. The summed E-state index contributed by atoms with van der Waals surface area (Å²) in [7, 11) is 0. The first kappa shape index (κ1) is 8.18. The zero-order chi connectivity index (χ0) is 7.28. The molecule has 0 aromatic heterocycles. The van der Waals surface area contributed by atoms with Gasteiger partial charge in [0.15, 0.2) is 0 Å². The number of rotatable bonds is 2. The molecular formula is C5H5NO2Se+. The summed E-state index contributed by atoms with van der Waals surface area (Å²) in [5.41, 5.74) is -0.0475. The molecule has 3 N–H and O–H groups in total. The minimum absolute atomic E-state index is 0.0475. The molecule has 0 aromatic rings. The molecule has 0 bridgehead atoms. The summed E-state index contributed by atoms with van der Waals surface area (Å²) in [6.07, 6.45) is 1.32. The maximum absolute atomic E-state index is 10.1. The number of carboxylic acids is 1. The standard InChI is InChI=1S/C5H4NO2Se/c6-3-4(1-2-9)5(7)8/h1-2,6H,(H,7,8)/p+1/b2-1-. The van der Waals surface area contributed by atoms with E-state index in [2.05, 4.69) is 16.0 Å². The normalized spacial score (nSPS) is 8.89. The molecule has 0 fully saturated rings. The summed E-state index contributed by atoms with van der Waals surface area (Å²) in [4.78, 5) is 11.5. The Kier molecular flexibility index (Phi) is 3.72. The van der Waals surface area contributed by atoms with Crippen LogP contribution in [0.3, 0.4) is 0 Å². The SMILES string of the molecule is [NH2+]=C=C(/C=C\[Se])C(=O)O. The van der Waals surface area contributed by atoms with Crippen molar-refractivity contribution in [1.82, 2.24) is 0 Å². The molecule has 0 spiro atoms. The molecule has 9 heavy (non-hydrogen) atoms. The number of carbonyl (C=O) groups is 1. The zero-order valence-corrected chi connectivity index (χ0v) is 6.21. The van der Waals surface area contributed by atoms with Crippen molar-refractivity contribution in [3.63, 3.8) is 0 Å². The molecule has 0 saturated carbocycles. The van der Waals surface area contributed by atoms with Crippen LogP contribution in [0.25, 0.3) is 0 Å². The quantitative estimate of drug-likeness (QED) is 0.231. The molecule has 47 valence electrons. The van der Waals surface area contributed by atoms with Gasteiger partial charge >= 0.3 is 59.8 Å². The van der Waals surface area contributed by atoms with E-state index in [1.54, 1.807) is 0 Å². The van der Waals surface area contributed by atoms with Gasteiger partial charge in [-0.3, -0.25) is 0 Å². The summed E-state index contributed by atoms with van der Waals surface area (Å²) in [6, 6.07) is 0. The average Bonchev–Trinajstić information content (AvgIpc) is 1.82. The molecule has 0 amide bonds. The molecule has 3 nitrogen and oxygen atoms in total. The van der Waals surface area contributed by atoms with Gasteiger partial charge in [0.05, 0.1) is 0 Å². The van der Waals surface area contributed by atoms with E-state index in [-0.39, 0.29) is 5.57 Å². The van der Waals surface area contributed by atoms with Crippen molar-refractivity contribution in [2.45, 2.75) is 0 Å². The van der Waals surface area contributed by atoms with E-state index in [4.69, 9.17) is 10.5 Å². The van der Waals surface area contributed by atoms with Crippen molar-refractivity contribution in [3.05, 3.63) is 16.6 Å². The van der Waals surface area contributed by atoms with E-state index in [1.165, 1.54) is 11.1 Å². The number of hydrogen-bond donors (Lipinski definition) is 2. The fraction of sp³-hybridized carbons (Fsp3) is 0. The second-order valence-corrected chi connectivity index (χ2v) is 1.74. The molecule has 0 aliphatic carbocycles. The summed E-state index contributed by atoms with van der Waals surface area (Å²) in [5, 5.41) is 13.1. The Hall–Kier alpha value is -0.821. The number of hydrogen-bond acceptors (Lipinski definition) is 1. The monoisotopic (exact) mass is 191 g/mol. The third-order valence-electron chi connectivity index (χ3n) is 0.621. The average molecular weight is 190 g/mol. The molecule has 0 aromatic carbocycles. The fourth-order valence-electron chi connectivity index (χ4n) is 0.249. The molecule has 0 atom stereocenters. The van der Waals surface area contributed by atoms with Crippen LogP contribution in [0, 0.1) is 0 Å². The first-order chi connectivity index (χ1) is 4.22. The van der Waals surface area contributed by atoms with Crippen LogP contribution in [0.2, 0.25) is 0 Å². The fourth-order valence-corrected chi connectivity index (χ4v) is 0.535. The van der Waals surface area contributed by atoms with Gasteiger partial charge < -0.3 is 0 Å². The van der Waals surface area contributed by atoms with Crippen molar-refractivity contribution in [2.75, 3.05) is 0 Å². The van der Waals surface area contributed by atoms with Gasteiger partial charge in [-0.15, -0.1) is 0 Å². The van der Waals surface area contributed by atoms with Gasteiger partial charge in [-0.2, -0.15) is 0 Å². The van der Waals surface area contributed by atoms with Gasteiger partial charge in [0.25, 0.3) is 0 Å². The minimum atomic E-state index is -1.08. The number of carboxylic acid groups (broad SMARTS) is 1. The predicted octanol–water partition coefficient (Wildman–Crippen LogP) is -1.89. The van der Waals surface area contributed by atoms with Crippen molar-refractivity contribution in [2.24, 2.45) is 0 Å². The van der Waals surface area contributed by atoms with Crippen molar-refractivity contribution in [1.29, 1.82) is 0 Å². The van der Waals surface area contributed by atoms with Crippen LogP contribution in [-0.4, -0.2) is 33.0 Å². The summed E-state index contributed by atoms with van der Waals surface area (Å²) in [5.74, 6) is 0.933. The molecular weight excluding hydrogens is 185 g/mol. The maximum atomic E-state index is 10.1. The molecule has 0 aliphatic rings. The van der Waals surface area contributed by atoms with Gasteiger partial charge in [-0.05, 0) is 0 Å². The Morgan fingerprint density at radius 3 is 2.44 bits per heavy atom. The Balaban J connectivity index is 4.38. The summed E-state index contributed by atoms with van der Waals surface area (Å²) in [6.45, 7) is 0. The third kappa shape index (κ3) is 2.88. The van der Waals surface area contributed by atoms with E-state index in [0.717, 1.165) is 0 Å². The Morgan fingerprint density at radius 2 is 2.33 bits per heavy atom. The molecule has 0 unspecified atom stereocenters. The van der Waals surface area contributed by atoms with Crippen molar-refractivity contribution >= 4 is 27.9 Å². The van der Waals surface area contributed by atoms with Crippen LogP contribution in [-0.2, 0) is 4.79 Å². The second-order valence-electron chi connectivity index (χ2n) is 1.17. The van der Waals surface area contributed by atoms with Gasteiger partial charge in [0.1, 0.15) is 0 Å². The Bertz CT molecular complexity index is 191.